The standard InChI is InChI=1S/C16H23ClN2O2/c1-12(13-3-5-14(17)6-4-13)19-15(20)16(11-21-2)7-9-18-10-8-16/h3-6,12,18H,7-11H2,1-2H3,(H,19,20)/t12-/m1/s1. The second-order valence-electron chi connectivity index (χ2n) is 5.71. The van der Waals surface area contributed by atoms with Crippen molar-refractivity contribution in [1.82, 2.24) is 10.6 Å². The van der Waals surface area contributed by atoms with Crippen LogP contribution in [0.3, 0.4) is 0 Å². The number of benzene rings is 1. The van der Waals surface area contributed by atoms with Crippen LogP contribution in [0.25, 0.3) is 0 Å². The van der Waals surface area contributed by atoms with Crippen molar-refractivity contribution in [1.29, 1.82) is 0 Å². The number of halogens is 1. The van der Waals surface area contributed by atoms with Gasteiger partial charge < -0.3 is 15.4 Å². The van der Waals surface area contributed by atoms with E-state index in [4.69, 9.17) is 16.3 Å². The molecule has 0 aliphatic carbocycles. The number of methoxy groups -OCH3 is 1. The van der Waals surface area contributed by atoms with Gasteiger partial charge in [0.1, 0.15) is 0 Å². The zero-order valence-corrected chi connectivity index (χ0v) is 13.4. The topological polar surface area (TPSA) is 50.4 Å². The molecule has 1 saturated heterocycles. The highest BCUT2D eigenvalue weighted by Crippen LogP contribution is 2.30. The van der Waals surface area contributed by atoms with Crippen LogP contribution in [0.5, 0.6) is 0 Å². The van der Waals surface area contributed by atoms with Gasteiger partial charge in [-0.15, -0.1) is 0 Å². The maximum absolute atomic E-state index is 12.7. The molecule has 116 valence electrons. The SMILES string of the molecule is COCC1(C(=O)N[C@H](C)c2ccc(Cl)cc2)CCNCC1. The van der Waals surface area contributed by atoms with E-state index in [1.165, 1.54) is 0 Å². The van der Waals surface area contributed by atoms with Crippen molar-refractivity contribution in [3.8, 4) is 0 Å². The van der Waals surface area contributed by atoms with Crippen molar-refractivity contribution in [3.63, 3.8) is 0 Å². The zero-order valence-electron chi connectivity index (χ0n) is 12.6. The molecule has 0 unspecified atom stereocenters. The van der Waals surface area contributed by atoms with Gasteiger partial charge in [0.05, 0.1) is 18.1 Å². The molecule has 0 bridgehead atoms. The number of hydrogen-bond acceptors (Lipinski definition) is 3. The average molecular weight is 311 g/mol. The Balaban J connectivity index is 2.05. The molecule has 2 N–H and O–H groups in total. The van der Waals surface area contributed by atoms with E-state index in [1.807, 2.05) is 31.2 Å². The van der Waals surface area contributed by atoms with Crippen LogP contribution in [0.2, 0.25) is 5.02 Å². The van der Waals surface area contributed by atoms with Crippen LogP contribution in [-0.4, -0.2) is 32.7 Å². The summed E-state index contributed by atoms with van der Waals surface area (Å²) in [5.74, 6) is 0.0771. The minimum atomic E-state index is -0.416. The summed E-state index contributed by atoms with van der Waals surface area (Å²) < 4.78 is 5.30. The summed E-state index contributed by atoms with van der Waals surface area (Å²) in [5, 5.41) is 7.12. The summed E-state index contributed by atoms with van der Waals surface area (Å²) in [6.07, 6.45) is 1.61. The molecule has 1 atom stereocenters. The van der Waals surface area contributed by atoms with Gasteiger partial charge in [-0.3, -0.25) is 4.79 Å². The Morgan fingerprint density at radius 3 is 2.57 bits per heavy atom. The van der Waals surface area contributed by atoms with E-state index in [1.54, 1.807) is 7.11 Å². The second kappa shape index (κ2) is 7.25. The number of ether oxygens (including phenoxy) is 1. The highest BCUT2D eigenvalue weighted by Gasteiger charge is 2.40. The van der Waals surface area contributed by atoms with Crippen LogP contribution in [0.15, 0.2) is 24.3 Å². The first-order valence-electron chi connectivity index (χ1n) is 7.33. The third kappa shape index (κ3) is 3.96. The molecule has 1 fully saturated rings. The predicted molar refractivity (Wildman–Crippen MR) is 84.4 cm³/mol. The molecule has 1 aliphatic rings. The van der Waals surface area contributed by atoms with E-state index >= 15 is 0 Å². The fourth-order valence-electron chi connectivity index (χ4n) is 2.80. The van der Waals surface area contributed by atoms with Crippen LogP contribution < -0.4 is 10.6 Å². The van der Waals surface area contributed by atoms with Gasteiger partial charge in [-0.25, -0.2) is 0 Å². The monoisotopic (exact) mass is 310 g/mol. The molecule has 4 nitrogen and oxygen atoms in total. The maximum atomic E-state index is 12.7. The van der Waals surface area contributed by atoms with Gasteiger partial charge in [0, 0.05) is 12.1 Å². The first-order valence-corrected chi connectivity index (χ1v) is 7.71. The number of carbonyl (C=O) groups is 1. The molecule has 2 rings (SSSR count). The average Bonchev–Trinajstić information content (AvgIpc) is 2.49. The molecule has 0 saturated carbocycles. The molecule has 1 aromatic rings. The van der Waals surface area contributed by atoms with Crippen molar-refractivity contribution < 1.29 is 9.53 Å². The third-order valence-corrected chi connectivity index (χ3v) is 4.43. The van der Waals surface area contributed by atoms with Gasteiger partial charge in [0.25, 0.3) is 0 Å². The summed E-state index contributed by atoms with van der Waals surface area (Å²) in [4.78, 5) is 12.7. The van der Waals surface area contributed by atoms with E-state index in [9.17, 15) is 4.79 Å². The van der Waals surface area contributed by atoms with E-state index in [2.05, 4.69) is 10.6 Å². The molecule has 1 amide bonds. The van der Waals surface area contributed by atoms with Gasteiger partial charge in [0.2, 0.25) is 5.91 Å². The minimum absolute atomic E-state index is 0.0432. The van der Waals surface area contributed by atoms with E-state index < -0.39 is 5.41 Å². The van der Waals surface area contributed by atoms with E-state index in [-0.39, 0.29) is 11.9 Å². The van der Waals surface area contributed by atoms with Crippen molar-refractivity contribution in [2.24, 2.45) is 5.41 Å². The highest BCUT2D eigenvalue weighted by atomic mass is 35.5. The maximum Gasteiger partial charge on any atom is 0.229 e. The third-order valence-electron chi connectivity index (χ3n) is 4.18. The van der Waals surface area contributed by atoms with Crippen LogP contribution in [0.4, 0.5) is 0 Å². The zero-order chi connectivity index (χ0) is 15.3. The van der Waals surface area contributed by atoms with Gasteiger partial charge >= 0.3 is 0 Å². The molecule has 5 heteroatoms. The van der Waals surface area contributed by atoms with Crippen LogP contribution in [0, 0.1) is 5.41 Å². The Hall–Kier alpha value is -1.10. The van der Waals surface area contributed by atoms with E-state index in [0.717, 1.165) is 31.5 Å². The normalized spacial score (nSPS) is 19.0. The summed E-state index contributed by atoms with van der Waals surface area (Å²) in [6.45, 7) is 4.16. The van der Waals surface area contributed by atoms with Crippen molar-refractivity contribution in [2.75, 3.05) is 26.8 Å². The Morgan fingerprint density at radius 2 is 2.00 bits per heavy atom. The molecule has 1 aromatic carbocycles. The smallest absolute Gasteiger partial charge is 0.229 e. The van der Waals surface area contributed by atoms with Crippen molar-refractivity contribution >= 4 is 17.5 Å². The quantitative estimate of drug-likeness (QED) is 0.878. The number of amides is 1. The molecule has 0 aromatic heterocycles. The summed E-state index contributed by atoms with van der Waals surface area (Å²) in [5.41, 5.74) is 0.634. The fraction of sp³-hybridized carbons (Fsp3) is 0.562. The highest BCUT2D eigenvalue weighted by molar-refractivity contribution is 6.30. The molecular weight excluding hydrogens is 288 g/mol. The Labute approximate surface area is 131 Å². The number of hydrogen-bond donors (Lipinski definition) is 2. The molecule has 0 radical (unpaired) electrons. The van der Waals surface area contributed by atoms with Crippen LogP contribution >= 0.6 is 11.6 Å². The molecule has 1 heterocycles. The van der Waals surface area contributed by atoms with Crippen LogP contribution in [-0.2, 0) is 9.53 Å². The Morgan fingerprint density at radius 1 is 1.38 bits per heavy atom. The van der Waals surface area contributed by atoms with E-state index in [0.29, 0.717) is 11.6 Å². The Kier molecular flexibility index (Phi) is 5.62. The second-order valence-corrected chi connectivity index (χ2v) is 6.15. The number of nitrogens with one attached hydrogen (secondary N) is 2. The predicted octanol–water partition coefficient (Wildman–Crippen LogP) is 2.53. The lowest BCUT2D eigenvalue weighted by Gasteiger charge is -2.36. The number of carbonyl (C=O) groups excluding carboxylic acids is 1. The van der Waals surface area contributed by atoms with Gasteiger partial charge in [-0.1, -0.05) is 23.7 Å². The van der Waals surface area contributed by atoms with Gasteiger partial charge in [0.15, 0.2) is 0 Å². The summed E-state index contributed by atoms with van der Waals surface area (Å²) >= 11 is 5.90. The lowest BCUT2D eigenvalue weighted by atomic mass is 9.78. The Bertz CT molecular complexity index is 464. The fourth-order valence-corrected chi connectivity index (χ4v) is 2.93. The lowest BCUT2D eigenvalue weighted by molar-refractivity contribution is -0.136. The molecular formula is C16H23ClN2O2. The molecule has 21 heavy (non-hydrogen) atoms. The van der Waals surface area contributed by atoms with Crippen molar-refractivity contribution in [3.05, 3.63) is 34.9 Å². The molecule has 1 aliphatic heterocycles. The number of rotatable bonds is 5. The summed E-state index contributed by atoms with van der Waals surface area (Å²) in [6, 6.07) is 7.53. The lowest BCUT2D eigenvalue weighted by Crippen LogP contribution is -2.50. The molecule has 0 spiro atoms. The van der Waals surface area contributed by atoms with Gasteiger partial charge in [-0.2, -0.15) is 0 Å². The van der Waals surface area contributed by atoms with Crippen LogP contribution in [0.1, 0.15) is 31.4 Å². The van der Waals surface area contributed by atoms with Crippen molar-refractivity contribution in [2.45, 2.75) is 25.8 Å². The first kappa shape index (κ1) is 16.3. The number of piperidine rings is 1. The summed E-state index contributed by atoms with van der Waals surface area (Å²) in [7, 11) is 1.65. The largest absolute Gasteiger partial charge is 0.384 e. The van der Waals surface area contributed by atoms with Gasteiger partial charge in [-0.05, 0) is 50.6 Å². The first-order chi connectivity index (χ1) is 10.1. The minimum Gasteiger partial charge on any atom is -0.384 e.